The lowest BCUT2D eigenvalue weighted by Crippen LogP contribution is -2.02. The molecule has 0 saturated carbocycles. The summed E-state index contributed by atoms with van der Waals surface area (Å²) in [7, 11) is 1.63. The highest BCUT2D eigenvalue weighted by molar-refractivity contribution is 5.85. The SMILES string of the molecule is COc1ccc(Cn2c(C)nc3c([N+](=O)[O-])cccc32)cc1. The molecule has 0 N–H and O–H groups in total. The summed E-state index contributed by atoms with van der Waals surface area (Å²) in [6, 6.07) is 12.8. The first kappa shape index (κ1) is 14.1. The Bertz CT molecular complexity index is 838. The van der Waals surface area contributed by atoms with Gasteiger partial charge in [-0.15, -0.1) is 0 Å². The highest BCUT2D eigenvalue weighted by Gasteiger charge is 2.17. The van der Waals surface area contributed by atoms with E-state index in [-0.39, 0.29) is 5.69 Å². The topological polar surface area (TPSA) is 70.2 Å². The van der Waals surface area contributed by atoms with E-state index >= 15 is 0 Å². The molecule has 1 heterocycles. The van der Waals surface area contributed by atoms with E-state index in [9.17, 15) is 10.1 Å². The Balaban J connectivity index is 2.05. The predicted molar refractivity (Wildman–Crippen MR) is 83.2 cm³/mol. The van der Waals surface area contributed by atoms with Crippen LogP contribution >= 0.6 is 0 Å². The number of hydrogen-bond donors (Lipinski definition) is 0. The summed E-state index contributed by atoms with van der Waals surface area (Å²) in [6.45, 7) is 2.46. The quantitative estimate of drug-likeness (QED) is 0.547. The molecule has 0 amide bonds. The molecule has 6 nitrogen and oxygen atoms in total. The van der Waals surface area contributed by atoms with Crippen LogP contribution in [-0.4, -0.2) is 21.6 Å². The predicted octanol–water partition coefficient (Wildman–Crippen LogP) is 3.31. The van der Waals surface area contributed by atoms with Crippen LogP contribution in [0.15, 0.2) is 42.5 Å². The minimum atomic E-state index is -0.396. The molecule has 0 fully saturated rings. The van der Waals surface area contributed by atoms with Gasteiger partial charge in [0.05, 0.1) is 17.5 Å². The number of ether oxygens (including phenoxy) is 1. The third kappa shape index (κ3) is 2.39. The Hall–Kier alpha value is -2.89. The van der Waals surface area contributed by atoms with Crippen LogP contribution in [0.3, 0.4) is 0 Å². The van der Waals surface area contributed by atoms with Crippen molar-refractivity contribution < 1.29 is 9.66 Å². The molecule has 0 bridgehead atoms. The standard InChI is InChI=1S/C16H15N3O3/c1-11-17-16-14(4-3-5-15(16)19(20)21)18(11)10-12-6-8-13(22-2)9-7-12/h3-9H,10H2,1-2H3. The summed E-state index contributed by atoms with van der Waals surface area (Å²) in [5.41, 5.74) is 2.31. The summed E-state index contributed by atoms with van der Waals surface area (Å²) >= 11 is 0. The molecule has 6 heteroatoms. The van der Waals surface area contributed by atoms with Crippen LogP contribution in [0.4, 0.5) is 5.69 Å². The minimum absolute atomic E-state index is 0.0362. The zero-order valence-corrected chi connectivity index (χ0v) is 12.3. The molecule has 112 valence electrons. The average molecular weight is 297 g/mol. The van der Waals surface area contributed by atoms with E-state index in [1.807, 2.05) is 41.8 Å². The Morgan fingerprint density at radius 1 is 1.23 bits per heavy atom. The van der Waals surface area contributed by atoms with Gasteiger partial charge in [-0.25, -0.2) is 4.98 Å². The number of non-ortho nitro benzene ring substituents is 1. The molecule has 0 saturated heterocycles. The molecule has 0 aliphatic heterocycles. The number of aryl methyl sites for hydroxylation is 1. The molecule has 0 spiro atoms. The largest absolute Gasteiger partial charge is 0.497 e. The number of hydrogen-bond acceptors (Lipinski definition) is 4. The Morgan fingerprint density at radius 3 is 2.59 bits per heavy atom. The van der Waals surface area contributed by atoms with Gasteiger partial charge < -0.3 is 9.30 Å². The van der Waals surface area contributed by atoms with Crippen molar-refractivity contribution in [2.45, 2.75) is 13.5 Å². The van der Waals surface area contributed by atoms with Gasteiger partial charge >= 0.3 is 0 Å². The van der Waals surface area contributed by atoms with E-state index in [1.165, 1.54) is 6.07 Å². The van der Waals surface area contributed by atoms with E-state index < -0.39 is 4.92 Å². The number of benzene rings is 2. The fourth-order valence-electron chi connectivity index (χ4n) is 2.51. The van der Waals surface area contributed by atoms with Crippen LogP contribution in [0.1, 0.15) is 11.4 Å². The van der Waals surface area contributed by atoms with E-state index in [0.29, 0.717) is 12.1 Å². The summed E-state index contributed by atoms with van der Waals surface area (Å²) in [5, 5.41) is 11.1. The highest BCUT2D eigenvalue weighted by atomic mass is 16.6. The highest BCUT2D eigenvalue weighted by Crippen LogP contribution is 2.26. The number of nitrogens with zero attached hydrogens (tertiary/aromatic N) is 3. The molecule has 0 radical (unpaired) electrons. The smallest absolute Gasteiger partial charge is 0.297 e. The van der Waals surface area contributed by atoms with Crippen molar-refractivity contribution in [3.05, 3.63) is 64.0 Å². The molecule has 0 aliphatic carbocycles. The lowest BCUT2D eigenvalue weighted by Gasteiger charge is -2.08. The first-order valence-electron chi connectivity index (χ1n) is 6.83. The third-order valence-electron chi connectivity index (χ3n) is 3.64. The number of imidazole rings is 1. The number of methoxy groups -OCH3 is 1. The van der Waals surface area contributed by atoms with Gasteiger partial charge in [-0.05, 0) is 30.7 Å². The average Bonchev–Trinajstić information content (AvgIpc) is 2.84. The van der Waals surface area contributed by atoms with Crippen LogP contribution in [0, 0.1) is 17.0 Å². The van der Waals surface area contributed by atoms with E-state index in [1.54, 1.807) is 13.2 Å². The Labute approximate surface area is 127 Å². The fraction of sp³-hybridized carbons (Fsp3) is 0.188. The summed E-state index contributed by atoms with van der Waals surface area (Å²) in [4.78, 5) is 15.1. The van der Waals surface area contributed by atoms with Crippen LogP contribution < -0.4 is 4.74 Å². The normalized spacial score (nSPS) is 10.8. The molecule has 22 heavy (non-hydrogen) atoms. The number of para-hydroxylation sites is 1. The lowest BCUT2D eigenvalue weighted by atomic mass is 10.2. The first-order valence-corrected chi connectivity index (χ1v) is 6.83. The molecule has 3 aromatic rings. The maximum Gasteiger partial charge on any atom is 0.297 e. The van der Waals surface area contributed by atoms with Crippen LogP contribution in [0.5, 0.6) is 5.75 Å². The van der Waals surface area contributed by atoms with Crippen molar-refractivity contribution in [1.82, 2.24) is 9.55 Å². The summed E-state index contributed by atoms with van der Waals surface area (Å²) in [6.07, 6.45) is 0. The van der Waals surface area contributed by atoms with Gasteiger partial charge in [0.1, 0.15) is 11.6 Å². The number of nitro groups is 1. The fourth-order valence-corrected chi connectivity index (χ4v) is 2.51. The molecule has 0 aliphatic rings. The van der Waals surface area contributed by atoms with Gasteiger partial charge in [-0.1, -0.05) is 18.2 Å². The van der Waals surface area contributed by atoms with Crippen molar-refractivity contribution >= 4 is 16.7 Å². The molecule has 1 aromatic heterocycles. The van der Waals surface area contributed by atoms with Gasteiger partial charge in [0.15, 0.2) is 5.52 Å². The first-order chi connectivity index (χ1) is 10.6. The van der Waals surface area contributed by atoms with Crippen molar-refractivity contribution in [3.63, 3.8) is 0 Å². The summed E-state index contributed by atoms with van der Waals surface area (Å²) < 4.78 is 7.12. The van der Waals surface area contributed by atoms with Crippen molar-refractivity contribution in [2.24, 2.45) is 0 Å². The van der Waals surface area contributed by atoms with Crippen molar-refractivity contribution in [1.29, 1.82) is 0 Å². The van der Waals surface area contributed by atoms with Gasteiger partial charge in [-0.2, -0.15) is 0 Å². The molecule has 3 rings (SSSR count). The van der Waals surface area contributed by atoms with E-state index in [4.69, 9.17) is 4.74 Å². The van der Waals surface area contributed by atoms with E-state index in [2.05, 4.69) is 4.98 Å². The van der Waals surface area contributed by atoms with Crippen LogP contribution in [-0.2, 0) is 6.54 Å². The minimum Gasteiger partial charge on any atom is -0.497 e. The second-order valence-corrected chi connectivity index (χ2v) is 5.00. The van der Waals surface area contributed by atoms with Gasteiger partial charge in [-0.3, -0.25) is 10.1 Å². The molecule has 2 aromatic carbocycles. The second-order valence-electron chi connectivity index (χ2n) is 5.00. The second kappa shape index (κ2) is 5.48. The van der Waals surface area contributed by atoms with Gasteiger partial charge in [0, 0.05) is 12.6 Å². The van der Waals surface area contributed by atoms with Crippen molar-refractivity contribution in [3.8, 4) is 5.75 Å². The molecule has 0 atom stereocenters. The molecular weight excluding hydrogens is 282 g/mol. The van der Waals surface area contributed by atoms with Crippen LogP contribution in [0.2, 0.25) is 0 Å². The number of aromatic nitrogens is 2. The Morgan fingerprint density at radius 2 is 1.95 bits per heavy atom. The molecular formula is C16H15N3O3. The maximum atomic E-state index is 11.1. The lowest BCUT2D eigenvalue weighted by molar-refractivity contribution is -0.383. The third-order valence-corrected chi connectivity index (χ3v) is 3.64. The monoisotopic (exact) mass is 297 g/mol. The number of rotatable bonds is 4. The van der Waals surface area contributed by atoms with Crippen molar-refractivity contribution in [2.75, 3.05) is 7.11 Å². The molecule has 0 unspecified atom stereocenters. The maximum absolute atomic E-state index is 11.1. The summed E-state index contributed by atoms with van der Waals surface area (Å²) in [5.74, 6) is 1.55. The Kier molecular flexibility index (Phi) is 3.50. The van der Waals surface area contributed by atoms with Crippen LogP contribution in [0.25, 0.3) is 11.0 Å². The van der Waals surface area contributed by atoms with Gasteiger partial charge in [0.25, 0.3) is 5.69 Å². The number of fused-ring (bicyclic) bond motifs is 1. The zero-order valence-electron chi connectivity index (χ0n) is 12.3. The number of nitro benzene ring substituents is 1. The van der Waals surface area contributed by atoms with E-state index in [0.717, 1.165) is 22.7 Å². The zero-order chi connectivity index (χ0) is 15.7. The van der Waals surface area contributed by atoms with Gasteiger partial charge in [0.2, 0.25) is 0 Å².